The Kier molecular flexibility index (Phi) is 7.77. The number of hydrogen-bond donors (Lipinski definition) is 0. The lowest BCUT2D eigenvalue weighted by Crippen LogP contribution is -2.47. The second-order valence-electron chi connectivity index (χ2n) is 7.76. The van der Waals surface area contributed by atoms with Crippen LogP contribution in [0.1, 0.15) is 12.8 Å². The van der Waals surface area contributed by atoms with Crippen LogP contribution in [0.25, 0.3) is 11.3 Å². The minimum absolute atomic E-state index is 0.253. The fourth-order valence-corrected chi connectivity index (χ4v) is 4.31. The number of halogens is 3. The van der Waals surface area contributed by atoms with Crippen molar-refractivity contribution in [2.75, 3.05) is 60.4 Å². The van der Waals surface area contributed by atoms with Crippen molar-refractivity contribution in [1.29, 1.82) is 0 Å². The fourth-order valence-electron chi connectivity index (χ4n) is 4.08. The molecular formula is C23H26Cl2FN7. The minimum atomic E-state index is -0.253. The van der Waals surface area contributed by atoms with E-state index in [1.165, 1.54) is 18.5 Å². The Morgan fingerprint density at radius 2 is 1.42 bits per heavy atom. The molecule has 2 saturated heterocycles. The summed E-state index contributed by atoms with van der Waals surface area (Å²) in [6.45, 7) is 5.04. The van der Waals surface area contributed by atoms with Crippen molar-refractivity contribution in [2.24, 2.45) is 0 Å². The fraction of sp³-hybridized carbons (Fsp3) is 0.391. The van der Waals surface area contributed by atoms with Crippen molar-refractivity contribution < 1.29 is 4.39 Å². The highest BCUT2D eigenvalue weighted by atomic mass is 35.5. The summed E-state index contributed by atoms with van der Waals surface area (Å²) in [5.74, 6) is 2.10. The molecule has 3 aromatic rings. The molecule has 0 atom stereocenters. The summed E-state index contributed by atoms with van der Waals surface area (Å²) in [4.78, 5) is 24.8. The van der Waals surface area contributed by atoms with Crippen molar-refractivity contribution in [2.45, 2.75) is 12.8 Å². The van der Waals surface area contributed by atoms with Gasteiger partial charge in [-0.3, -0.25) is 0 Å². The Balaban J connectivity index is 0.00000126. The van der Waals surface area contributed by atoms with Crippen LogP contribution < -0.4 is 14.7 Å². The van der Waals surface area contributed by atoms with Gasteiger partial charge in [-0.1, -0.05) is 11.6 Å². The van der Waals surface area contributed by atoms with Crippen LogP contribution in [0, 0.1) is 5.82 Å². The molecule has 10 heteroatoms. The third-order valence-corrected chi connectivity index (χ3v) is 6.04. The highest BCUT2D eigenvalue weighted by Gasteiger charge is 2.24. The summed E-state index contributed by atoms with van der Waals surface area (Å²) in [5, 5.41) is 0.424. The predicted octanol–water partition coefficient (Wildman–Crippen LogP) is 4.51. The van der Waals surface area contributed by atoms with Gasteiger partial charge in [0, 0.05) is 69.7 Å². The Hall–Kier alpha value is -2.71. The lowest BCUT2D eigenvalue weighted by Gasteiger charge is -2.36. The first kappa shape index (κ1) is 23.4. The maximum atomic E-state index is 13.4. The molecule has 0 amide bonds. The van der Waals surface area contributed by atoms with E-state index in [1.54, 1.807) is 24.5 Å². The van der Waals surface area contributed by atoms with Crippen LogP contribution in [0.5, 0.6) is 0 Å². The van der Waals surface area contributed by atoms with E-state index >= 15 is 0 Å². The van der Waals surface area contributed by atoms with Gasteiger partial charge in [-0.05, 0) is 37.1 Å². The quantitative estimate of drug-likeness (QED) is 0.499. The largest absolute Gasteiger partial charge is 0.353 e. The molecule has 2 aromatic heterocycles. The Morgan fingerprint density at radius 1 is 0.788 bits per heavy atom. The van der Waals surface area contributed by atoms with Gasteiger partial charge in [0.2, 0.25) is 5.95 Å². The van der Waals surface area contributed by atoms with E-state index < -0.39 is 0 Å². The van der Waals surface area contributed by atoms with Crippen LogP contribution in [-0.2, 0) is 0 Å². The molecule has 1 aromatic carbocycles. The van der Waals surface area contributed by atoms with E-state index in [1.807, 2.05) is 6.07 Å². The average Bonchev–Trinajstić information content (AvgIpc) is 3.41. The van der Waals surface area contributed by atoms with Gasteiger partial charge in [-0.15, -0.1) is 11.6 Å². The van der Waals surface area contributed by atoms with Gasteiger partial charge < -0.3 is 14.7 Å². The van der Waals surface area contributed by atoms with Gasteiger partial charge in [-0.2, -0.15) is 4.98 Å². The molecule has 4 heterocycles. The highest BCUT2D eigenvalue weighted by molar-refractivity contribution is 6.31. The van der Waals surface area contributed by atoms with E-state index in [2.05, 4.69) is 36.3 Å². The monoisotopic (exact) mass is 489 g/mol. The van der Waals surface area contributed by atoms with Gasteiger partial charge >= 0.3 is 0 Å². The Labute approximate surface area is 203 Å². The molecule has 174 valence electrons. The van der Waals surface area contributed by atoms with E-state index in [4.69, 9.17) is 21.6 Å². The van der Waals surface area contributed by atoms with Crippen molar-refractivity contribution in [3.63, 3.8) is 0 Å². The van der Waals surface area contributed by atoms with Crippen molar-refractivity contribution >= 4 is 40.8 Å². The third kappa shape index (κ3) is 5.45. The maximum Gasteiger partial charge on any atom is 0.227 e. The molecular weight excluding hydrogens is 464 g/mol. The predicted molar refractivity (Wildman–Crippen MR) is 132 cm³/mol. The van der Waals surface area contributed by atoms with Gasteiger partial charge in [0.05, 0.1) is 5.69 Å². The van der Waals surface area contributed by atoms with E-state index in [0.717, 1.165) is 81.0 Å². The summed E-state index contributed by atoms with van der Waals surface area (Å²) in [6.07, 6.45) is 7.03. The molecule has 0 spiro atoms. The zero-order valence-corrected chi connectivity index (χ0v) is 20.0. The maximum absolute atomic E-state index is 13.4. The van der Waals surface area contributed by atoms with E-state index in [0.29, 0.717) is 5.15 Å². The average molecular weight is 490 g/mol. The second-order valence-corrected chi connectivity index (χ2v) is 8.12. The second kappa shape index (κ2) is 10.9. The normalized spacial score (nSPS) is 15.9. The Bertz CT molecular complexity index is 1050. The standard InChI is InChI=1S/C22H23ClFN7.CH3Cl/c23-20-21(26-8-7-25-20)30-13-11-29(12-14-30)19-15-18(16-3-5-17(24)6-4-16)27-22(28-19)31-9-1-2-10-31;1-2/h3-8,15H,1-2,9-14H2;1H3. The SMILES string of the molecule is CCl.Fc1ccc(-c2cc(N3CCN(c4nccnc4Cl)CC3)nc(N3CCCC3)n2)cc1. The van der Waals surface area contributed by atoms with E-state index in [9.17, 15) is 4.39 Å². The van der Waals surface area contributed by atoms with Crippen molar-refractivity contribution in [3.05, 3.63) is 53.7 Å². The molecule has 0 radical (unpaired) electrons. The number of alkyl halides is 1. The third-order valence-electron chi connectivity index (χ3n) is 5.77. The minimum Gasteiger partial charge on any atom is -0.353 e. The molecule has 2 aliphatic rings. The van der Waals surface area contributed by atoms with Crippen molar-refractivity contribution in [1.82, 2.24) is 19.9 Å². The molecule has 0 aliphatic carbocycles. The molecule has 0 unspecified atom stereocenters. The summed E-state index contributed by atoms with van der Waals surface area (Å²) in [5.41, 5.74) is 1.70. The van der Waals surface area contributed by atoms with Crippen molar-refractivity contribution in [3.8, 4) is 11.3 Å². The van der Waals surface area contributed by atoms with Gasteiger partial charge in [0.25, 0.3) is 0 Å². The number of benzene rings is 1. The number of hydrogen-bond acceptors (Lipinski definition) is 7. The van der Waals surface area contributed by atoms with Gasteiger partial charge in [-0.25, -0.2) is 19.3 Å². The first-order valence-corrected chi connectivity index (χ1v) is 12.0. The summed E-state index contributed by atoms with van der Waals surface area (Å²) < 4.78 is 13.4. The van der Waals surface area contributed by atoms with Gasteiger partial charge in [0.15, 0.2) is 11.0 Å². The topological polar surface area (TPSA) is 61.3 Å². The molecule has 0 bridgehead atoms. The molecule has 2 aliphatic heterocycles. The van der Waals surface area contributed by atoms with Crippen LogP contribution in [0.15, 0.2) is 42.7 Å². The number of nitrogens with zero attached hydrogens (tertiary/aromatic N) is 7. The number of rotatable bonds is 4. The molecule has 7 nitrogen and oxygen atoms in total. The molecule has 2 fully saturated rings. The molecule has 5 rings (SSSR count). The first-order valence-electron chi connectivity index (χ1n) is 10.9. The molecule has 0 saturated carbocycles. The van der Waals surface area contributed by atoms with Crippen LogP contribution in [0.4, 0.5) is 22.0 Å². The summed E-state index contributed by atoms with van der Waals surface area (Å²) in [6, 6.07) is 8.47. The number of anilines is 3. The van der Waals surface area contributed by atoms with Crippen LogP contribution in [-0.4, -0.2) is 65.6 Å². The molecule has 33 heavy (non-hydrogen) atoms. The highest BCUT2D eigenvalue weighted by Crippen LogP contribution is 2.28. The van der Waals surface area contributed by atoms with E-state index in [-0.39, 0.29) is 5.82 Å². The van der Waals surface area contributed by atoms with Crippen LogP contribution >= 0.6 is 23.2 Å². The smallest absolute Gasteiger partial charge is 0.227 e. The summed E-state index contributed by atoms with van der Waals surface area (Å²) >= 11 is 10.9. The van der Waals surface area contributed by atoms with Crippen LogP contribution in [0.2, 0.25) is 5.15 Å². The Morgan fingerprint density at radius 3 is 2.09 bits per heavy atom. The van der Waals surface area contributed by atoms with Crippen LogP contribution in [0.3, 0.4) is 0 Å². The summed E-state index contributed by atoms with van der Waals surface area (Å²) in [7, 11) is 0. The lowest BCUT2D eigenvalue weighted by molar-refractivity contribution is 0.628. The lowest BCUT2D eigenvalue weighted by atomic mass is 10.1. The molecule has 0 N–H and O–H groups in total. The number of piperazine rings is 1. The number of aromatic nitrogens is 4. The van der Waals surface area contributed by atoms with Gasteiger partial charge in [0.1, 0.15) is 11.6 Å². The zero-order chi connectivity index (χ0) is 23.2. The zero-order valence-electron chi connectivity index (χ0n) is 18.5. The first-order chi connectivity index (χ1) is 16.2.